The summed E-state index contributed by atoms with van der Waals surface area (Å²) < 4.78 is 6.64. The zero-order valence-corrected chi connectivity index (χ0v) is 16.1. The first-order valence-electron chi connectivity index (χ1n) is 7.84. The Morgan fingerprint density at radius 3 is 2.83 bits per heavy atom. The number of rotatable bonds is 2. The van der Waals surface area contributed by atoms with Gasteiger partial charge in [0.25, 0.3) is 0 Å². The van der Waals surface area contributed by atoms with E-state index >= 15 is 0 Å². The first-order valence-corrected chi connectivity index (χ1v) is 9.39. The van der Waals surface area contributed by atoms with Crippen LogP contribution in [0.5, 0.6) is 5.75 Å². The number of allylic oxidation sites excluding steroid dienone is 2. The smallest absolute Gasteiger partial charge is 0.124 e. The molecule has 1 heterocycles. The largest absolute Gasteiger partial charge is 0.496 e. The van der Waals surface area contributed by atoms with Crippen LogP contribution in [-0.4, -0.2) is 7.11 Å². The molecule has 2 aliphatic rings. The van der Waals surface area contributed by atoms with E-state index in [4.69, 9.17) is 27.9 Å². The van der Waals surface area contributed by atoms with Crippen LogP contribution < -0.4 is 10.1 Å². The lowest BCUT2D eigenvalue weighted by atomic mass is 9.77. The number of fused-ring (bicyclic) bond motifs is 3. The highest BCUT2D eigenvalue weighted by atomic mass is 79.9. The summed E-state index contributed by atoms with van der Waals surface area (Å²) in [7, 11) is 1.71. The lowest BCUT2D eigenvalue weighted by molar-refractivity contribution is 0.381. The summed E-state index contributed by atoms with van der Waals surface area (Å²) in [6, 6.07) is 10.0. The van der Waals surface area contributed by atoms with Crippen molar-refractivity contribution in [3.8, 4) is 5.75 Å². The molecule has 0 saturated carbocycles. The van der Waals surface area contributed by atoms with Crippen LogP contribution >= 0.6 is 39.1 Å². The molecule has 1 N–H and O–H groups in total. The van der Waals surface area contributed by atoms with E-state index in [1.807, 2.05) is 24.3 Å². The van der Waals surface area contributed by atoms with Crippen LogP contribution in [-0.2, 0) is 0 Å². The number of halogens is 3. The number of hydrogen-bond donors (Lipinski definition) is 1. The topological polar surface area (TPSA) is 21.3 Å². The van der Waals surface area contributed by atoms with E-state index in [1.54, 1.807) is 7.11 Å². The van der Waals surface area contributed by atoms with Crippen molar-refractivity contribution >= 4 is 44.8 Å². The maximum absolute atomic E-state index is 6.50. The van der Waals surface area contributed by atoms with Crippen LogP contribution in [0.15, 0.2) is 47.0 Å². The molecule has 24 heavy (non-hydrogen) atoms. The van der Waals surface area contributed by atoms with Crippen molar-refractivity contribution in [1.29, 1.82) is 0 Å². The first-order chi connectivity index (χ1) is 11.6. The molecule has 0 spiro atoms. The van der Waals surface area contributed by atoms with Gasteiger partial charge in [-0.05, 0) is 42.7 Å². The SMILES string of the molecule is COc1ccc(Br)cc1[C@@H]1Nc2cc(Cl)cc(Cl)c2[C@H]2C=CC[C@@H]21. The van der Waals surface area contributed by atoms with Crippen molar-refractivity contribution in [2.45, 2.75) is 18.4 Å². The Morgan fingerprint density at radius 1 is 1.21 bits per heavy atom. The molecule has 1 aliphatic heterocycles. The second kappa shape index (κ2) is 6.29. The Balaban J connectivity index is 1.86. The van der Waals surface area contributed by atoms with Crippen LogP contribution in [0.2, 0.25) is 10.0 Å². The van der Waals surface area contributed by atoms with E-state index in [2.05, 4.69) is 39.5 Å². The van der Waals surface area contributed by atoms with Crippen molar-refractivity contribution in [2.24, 2.45) is 5.92 Å². The third kappa shape index (κ3) is 2.63. The standard InChI is InChI=1S/C19H16BrCl2NO/c1-24-17-6-5-10(20)7-14(17)19-13-4-2-3-12(13)18-15(22)8-11(21)9-16(18)23-19/h2-3,5-9,12-13,19,23H,4H2,1H3/t12-,13-,19+/m0/s1. The van der Waals surface area contributed by atoms with Crippen molar-refractivity contribution in [3.63, 3.8) is 0 Å². The molecule has 3 atom stereocenters. The fourth-order valence-electron chi connectivity index (χ4n) is 3.90. The molecule has 0 aromatic heterocycles. The van der Waals surface area contributed by atoms with Gasteiger partial charge in [0.1, 0.15) is 5.75 Å². The zero-order chi connectivity index (χ0) is 16.8. The van der Waals surface area contributed by atoms with Gasteiger partial charge < -0.3 is 10.1 Å². The van der Waals surface area contributed by atoms with Crippen LogP contribution in [0.25, 0.3) is 0 Å². The van der Waals surface area contributed by atoms with Gasteiger partial charge in [-0.2, -0.15) is 0 Å². The predicted molar refractivity (Wildman–Crippen MR) is 104 cm³/mol. The minimum Gasteiger partial charge on any atom is -0.496 e. The third-order valence-electron chi connectivity index (χ3n) is 4.91. The molecule has 2 nitrogen and oxygen atoms in total. The number of benzene rings is 2. The molecule has 4 rings (SSSR count). The van der Waals surface area contributed by atoms with E-state index in [0.717, 1.165) is 38.5 Å². The Morgan fingerprint density at radius 2 is 2.04 bits per heavy atom. The van der Waals surface area contributed by atoms with E-state index < -0.39 is 0 Å². The molecule has 1 aliphatic carbocycles. The van der Waals surface area contributed by atoms with Crippen LogP contribution in [0, 0.1) is 5.92 Å². The number of methoxy groups -OCH3 is 1. The Bertz CT molecular complexity index is 836. The Labute approximate surface area is 159 Å². The van der Waals surface area contributed by atoms with Gasteiger partial charge in [-0.15, -0.1) is 0 Å². The summed E-state index contributed by atoms with van der Waals surface area (Å²) in [5, 5.41) is 5.03. The van der Waals surface area contributed by atoms with Gasteiger partial charge in [0.05, 0.1) is 13.2 Å². The molecular formula is C19H16BrCl2NO. The van der Waals surface area contributed by atoms with E-state index in [9.17, 15) is 0 Å². The summed E-state index contributed by atoms with van der Waals surface area (Å²) in [6.45, 7) is 0. The average Bonchev–Trinajstić information content (AvgIpc) is 3.02. The molecule has 0 bridgehead atoms. The second-order valence-electron chi connectivity index (χ2n) is 6.21. The number of anilines is 1. The molecule has 2 aromatic carbocycles. The van der Waals surface area contributed by atoms with Crippen LogP contribution in [0.3, 0.4) is 0 Å². The second-order valence-corrected chi connectivity index (χ2v) is 7.97. The highest BCUT2D eigenvalue weighted by Gasteiger charge is 2.40. The quantitative estimate of drug-likeness (QED) is 0.549. The minimum atomic E-state index is 0.138. The first kappa shape index (κ1) is 16.3. The summed E-state index contributed by atoms with van der Waals surface area (Å²) in [5.74, 6) is 1.58. The maximum atomic E-state index is 6.50. The monoisotopic (exact) mass is 423 g/mol. The molecule has 0 amide bonds. The average molecular weight is 425 g/mol. The van der Waals surface area contributed by atoms with Crippen LogP contribution in [0.1, 0.15) is 29.5 Å². The van der Waals surface area contributed by atoms with E-state index in [-0.39, 0.29) is 6.04 Å². The minimum absolute atomic E-state index is 0.138. The number of hydrogen-bond acceptors (Lipinski definition) is 2. The zero-order valence-electron chi connectivity index (χ0n) is 13.0. The summed E-state index contributed by atoms with van der Waals surface area (Å²) in [6.07, 6.45) is 5.52. The predicted octanol–water partition coefficient (Wildman–Crippen LogP) is 6.59. The number of nitrogens with one attached hydrogen (secondary N) is 1. The molecule has 0 fully saturated rings. The van der Waals surface area contributed by atoms with Gasteiger partial charge in [0, 0.05) is 37.3 Å². The summed E-state index contributed by atoms with van der Waals surface area (Å²) in [4.78, 5) is 0. The molecule has 0 radical (unpaired) electrons. The van der Waals surface area contributed by atoms with Gasteiger partial charge >= 0.3 is 0 Å². The summed E-state index contributed by atoms with van der Waals surface area (Å²) >= 11 is 16.3. The molecule has 2 aromatic rings. The van der Waals surface area contributed by atoms with E-state index in [0.29, 0.717) is 16.9 Å². The fraction of sp³-hybridized carbons (Fsp3) is 0.263. The van der Waals surface area contributed by atoms with E-state index in [1.165, 1.54) is 0 Å². The molecule has 124 valence electrons. The summed E-state index contributed by atoms with van der Waals surface area (Å²) in [5.41, 5.74) is 3.30. The Hall–Kier alpha value is -1.16. The normalized spacial score (nSPS) is 24.2. The number of ether oxygens (including phenoxy) is 1. The molecule has 0 saturated heterocycles. The highest BCUT2D eigenvalue weighted by molar-refractivity contribution is 9.10. The van der Waals surface area contributed by atoms with Gasteiger partial charge in [0.2, 0.25) is 0 Å². The van der Waals surface area contributed by atoms with Crippen LogP contribution in [0.4, 0.5) is 5.69 Å². The molecule has 0 unspecified atom stereocenters. The third-order valence-corrected chi connectivity index (χ3v) is 5.93. The van der Waals surface area contributed by atoms with Gasteiger partial charge in [-0.25, -0.2) is 0 Å². The maximum Gasteiger partial charge on any atom is 0.124 e. The highest BCUT2D eigenvalue weighted by Crippen LogP contribution is 2.53. The van der Waals surface area contributed by atoms with Crippen molar-refractivity contribution in [3.05, 3.63) is 68.1 Å². The lowest BCUT2D eigenvalue weighted by Crippen LogP contribution is -2.29. The fourth-order valence-corrected chi connectivity index (χ4v) is 4.90. The van der Waals surface area contributed by atoms with Crippen molar-refractivity contribution in [2.75, 3.05) is 12.4 Å². The van der Waals surface area contributed by atoms with Crippen molar-refractivity contribution < 1.29 is 4.74 Å². The lowest BCUT2D eigenvalue weighted by Gasteiger charge is -2.38. The van der Waals surface area contributed by atoms with Gasteiger partial charge in [-0.3, -0.25) is 0 Å². The van der Waals surface area contributed by atoms with Gasteiger partial charge in [-0.1, -0.05) is 51.3 Å². The molecular weight excluding hydrogens is 409 g/mol. The Kier molecular flexibility index (Phi) is 4.27. The van der Waals surface area contributed by atoms with Gasteiger partial charge in [0.15, 0.2) is 0 Å². The van der Waals surface area contributed by atoms with Crippen molar-refractivity contribution in [1.82, 2.24) is 0 Å². The molecule has 5 heteroatoms.